The molecule has 0 bridgehead atoms. The second-order valence-corrected chi connectivity index (χ2v) is 7.90. The third-order valence-corrected chi connectivity index (χ3v) is 5.29. The first-order chi connectivity index (χ1) is 11.8. The maximum absolute atomic E-state index is 11.9. The van der Waals surface area contributed by atoms with Gasteiger partial charge < -0.3 is 10.1 Å². The second-order valence-electron chi connectivity index (χ2n) is 6.90. The van der Waals surface area contributed by atoms with E-state index in [9.17, 15) is 4.79 Å². The van der Waals surface area contributed by atoms with E-state index < -0.39 is 0 Å². The zero-order valence-electron chi connectivity index (χ0n) is 15.0. The van der Waals surface area contributed by atoms with Gasteiger partial charge in [0.2, 0.25) is 0 Å². The molecule has 0 fully saturated rings. The summed E-state index contributed by atoms with van der Waals surface area (Å²) in [5.41, 5.74) is 3.16. The third kappa shape index (κ3) is 3.35. The van der Waals surface area contributed by atoms with Crippen molar-refractivity contribution in [3.63, 3.8) is 0 Å². The first-order valence-electron chi connectivity index (χ1n) is 8.01. The summed E-state index contributed by atoms with van der Waals surface area (Å²) in [6, 6.07) is 8.30. The molecule has 130 valence electrons. The smallest absolute Gasteiger partial charge is 0.348 e. The number of carbonyl (C=O) groups excluding carboxylic acids is 1. The highest BCUT2D eigenvalue weighted by molar-refractivity contribution is 7.20. The van der Waals surface area contributed by atoms with Gasteiger partial charge in [-0.3, -0.25) is 0 Å². The van der Waals surface area contributed by atoms with Gasteiger partial charge in [-0.15, -0.1) is 11.3 Å². The van der Waals surface area contributed by atoms with E-state index in [1.807, 2.05) is 19.1 Å². The van der Waals surface area contributed by atoms with Gasteiger partial charge in [-0.1, -0.05) is 32.9 Å². The Hall–Kier alpha value is -2.47. The SMILES string of the molecule is COC(=O)c1sc2ncnc(Nc3ccc(C(C)(C)C)cc3)c2c1C. The van der Waals surface area contributed by atoms with Crippen LogP contribution < -0.4 is 5.32 Å². The number of aromatic nitrogens is 2. The molecule has 0 amide bonds. The lowest BCUT2D eigenvalue weighted by Crippen LogP contribution is -2.10. The van der Waals surface area contributed by atoms with E-state index in [2.05, 4.69) is 48.2 Å². The number of rotatable bonds is 3. The maximum Gasteiger partial charge on any atom is 0.348 e. The quantitative estimate of drug-likeness (QED) is 0.682. The summed E-state index contributed by atoms with van der Waals surface area (Å²) in [4.78, 5) is 21.9. The fourth-order valence-corrected chi connectivity index (χ4v) is 3.71. The zero-order chi connectivity index (χ0) is 18.2. The molecule has 3 aromatic rings. The highest BCUT2D eigenvalue weighted by Crippen LogP contribution is 2.35. The zero-order valence-corrected chi connectivity index (χ0v) is 15.8. The molecular weight excluding hydrogens is 334 g/mol. The average Bonchev–Trinajstić information content (AvgIpc) is 2.92. The Bertz CT molecular complexity index is 924. The lowest BCUT2D eigenvalue weighted by Gasteiger charge is -2.19. The molecule has 0 aliphatic heterocycles. The van der Waals surface area contributed by atoms with Crippen LogP contribution in [0, 0.1) is 6.92 Å². The molecule has 0 unspecified atom stereocenters. The van der Waals surface area contributed by atoms with E-state index >= 15 is 0 Å². The standard InChI is InChI=1S/C19H21N3O2S/c1-11-14-16(20-10-21-17(14)25-15(11)18(23)24-5)22-13-8-6-12(7-9-13)19(2,3)4/h6-10H,1-5H3,(H,20,21,22). The highest BCUT2D eigenvalue weighted by atomic mass is 32.1. The average molecular weight is 355 g/mol. The monoisotopic (exact) mass is 355 g/mol. The summed E-state index contributed by atoms with van der Waals surface area (Å²) in [6.07, 6.45) is 1.51. The number of carbonyl (C=O) groups is 1. The molecule has 0 atom stereocenters. The van der Waals surface area contributed by atoms with E-state index in [0.717, 1.165) is 21.5 Å². The Labute approximate surface area is 151 Å². The Balaban J connectivity index is 1.99. The summed E-state index contributed by atoms with van der Waals surface area (Å²) >= 11 is 1.32. The van der Waals surface area contributed by atoms with Crippen molar-refractivity contribution >= 4 is 39.0 Å². The van der Waals surface area contributed by atoms with Crippen molar-refractivity contribution in [1.82, 2.24) is 9.97 Å². The molecule has 25 heavy (non-hydrogen) atoms. The van der Waals surface area contributed by atoms with Crippen LogP contribution >= 0.6 is 11.3 Å². The number of benzene rings is 1. The van der Waals surface area contributed by atoms with Crippen LogP contribution in [0.2, 0.25) is 0 Å². The molecular formula is C19H21N3O2S. The van der Waals surface area contributed by atoms with Crippen molar-refractivity contribution in [3.05, 3.63) is 46.6 Å². The number of anilines is 2. The lowest BCUT2D eigenvalue weighted by molar-refractivity contribution is 0.0605. The van der Waals surface area contributed by atoms with E-state index in [1.165, 1.54) is 30.3 Å². The summed E-state index contributed by atoms with van der Waals surface area (Å²) < 4.78 is 4.85. The number of fused-ring (bicyclic) bond motifs is 1. The number of nitrogens with one attached hydrogen (secondary N) is 1. The number of hydrogen-bond acceptors (Lipinski definition) is 6. The van der Waals surface area contributed by atoms with Crippen molar-refractivity contribution in [1.29, 1.82) is 0 Å². The van der Waals surface area contributed by atoms with Crippen LogP contribution in [0.15, 0.2) is 30.6 Å². The van der Waals surface area contributed by atoms with Gasteiger partial charge in [0.25, 0.3) is 0 Å². The van der Waals surface area contributed by atoms with Gasteiger partial charge >= 0.3 is 5.97 Å². The largest absolute Gasteiger partial charge is 0.465 e. The van der Waals surface area contributed by atoms with Crippen LogP contribution in [0.1, 0.15) is 41.6 Å². The molecule has 0 saturated heterocycles. The van der Waals surface area contributed by atoms with Crippen LogP contribution in [-0.2, 0) is 10.2 Å². The van der Waals surface area contributed by atoms with Gasteiger partial charge in [0, 0.05) is 5.69 Å². The minimum Gasteiger partial charge on any atom is -0.465 e. The highest BCUT2D eigenvalue weighted by Gasteiger charge is 2.20. The Morgan fingerprint density at radius 1 is 1.16 bits per heavy atom. The number of esters is 1. The fraction of sp³-hybridized carbons (Fsp3) is 0.316. The number of nitrogens with zero attached hydrogens (tertiary/aromatic N) is 2. The van der Waals surface area contributed by atoms with Crippen LogP contribution in [-0.4, -0.2) is 23.0 Å². The summed E-state index contributed by atoms with van der Waals surface area (Å²) in [7, 11) is 1.38. The lowest BCUT2D eigenvalue weighted by atomic mass is 9.87. The molecule has 0 radical (unpaired) electrons. The number of methoxy groups -OCH3 is 1. The van der Waals surface area contributed by atoms with Crippen LogP contribution in [0.5, 0.6) is 0 Å². The number of hydrogen-bond donors (Lipinski definition) is 1. The molecule has 1 N–H and O–H groups in total. The second kappa shape index (κ2) is 6.44. The van der Waals surface area contributed by atoms with E-state index in [0.29, 0.717) is 10.7 Å². The molecule has 3 rings (SSSR count). The van der Waals surface area contributed by atoms with E-state index in [4.69, 9.17) is 4.74 Å². The van der Waals surface area contributed by atoms with Crippen molar-refractivity contribution in [3.8, 4) is 0 Å². The summed E-state index contributed by atoms with van der Waals surface area (Å²) in [5, 5.41) is 4.19. The molecule has 1 aromatic carbocycles. The van der Waals surface area contributed by atoms with Gasteiger partial charge in [0.15, 0.2) is 0 Å². The maximum atomic E-state index is 11.9. The number of thiophene rings is 1. The molecule has 0 aliphatic rings. The number of ether oxygens (including phenoxy) is 1. The normalized spacial score (nSPS) is 11.6. The molecule has 2 aromatic heterocycles. The number of aryl methyl sites for hydroxylation is 1. The van der Waals surface area contributed by atoms with Gasteiger partial charge in [-0.05, 0) is 35.6 Å². The molecule has 0 aliphatic carbocycles. The minimum absolute atomic E-state index is 0.111. The van der Waals surface area contributed by atoms with Crippen molar-refractivity contribution in [2.75, 3.05) is 12.4 Å². The van der Waals surface area contributed by atoms with Crippen LogP contribution in [0.25, 0.3) is 10.2 Å². The molecule has 0 spiro atoms. The molecule has 6 heteroatoms. The van der Waals surface area contributed by atoms with Gasteiger partial charge in [-0.25, -0.2) is 14.8 Å². The van der Waals surface area contributed by atoms with Gasteiger partial charge in [0.05, 0.1) is 12.5 Å². The first-order valence-corrected chi connectivity index (χ1v) is 8.83. The van der Waals surface area contributed by atoms with Crippen molar-refractivity contribution in [2.24, 2.45) is 0 Å². The predicted molar refractivity (Wildman–Crippen MR) is 102 cm³/mol. The van der Waals surface area contributed by atoms with Crippen molar-refractivity contribution < 1.29 is 9.53 Å². The first kappa shape index (κ1) is 17.4. The Kier molecular flexibility index (Phi) is 4.47. The van der Waals surface area contributed by atoms with Gasteiger partial charge in [-0.2, -0.15) is 0 Å². The Morgan fingerprint density at radius 3 is 2.44 bits per heavy atom. The van der Waals surface area contributed by atoms with Gasteiger partial charge in [0.1, 0.15) is 21.9 Å². The minimum atomic E-state index is -0.346. The van der Waals surface area contributed by atoms with Crippen molar-refractivity contribution in [2.45, 2.75) is 33.1 Å². The van der Waals surface area contributed by atoms with E-state index in [-0.39, 0.29) is 11.4 Å². The molecule has 0 saturated carbocycles. The van der Waals surface area contributed by atoms with E-state index in [1.54, 1.807) is 0 Å². The Morgan fingerprint density at radius 2 is 1.84 bits per heavy atom. The third-order valence-electron chi connectivity index (χ3n) is 4.11. The predicted octanol–water partition coefficient (Wildman–Crippen LogP) is 4.83. The summed E-state index contributed by atoms with van der Waals surface area (Å²) in [5.74, 6) is 0.346. The summed E-state index contributed by atoms with van der Waals surface area (Å²) in [6.45, 7) is 8.45. The topological polar surface area (TPSA) is 64.1 Å². The molecule has 2 heterocycles. The van der Waals surface area contributed by atoms with Crippen LogP contribution in [0.4, 0.5) is 11.5 Å². The fourth-order valence-electron chi connectivity index (χ4n) is 2.64. The molecule has 5 nitrogen and oxygen atoms in total. The van der Waals surface area contributed by atoms with Crippen LogP contribution in [0.3, 0.4) is 0 Å².